The second-order valence-corrected chi connectivity index (χ2v) is 4.19. The van der Waals surface area contributed by atoms with Crippen molar-refractivity contribution in [1.82, 2.24) is 0 Å². The summed E-state index contributed by atoms with van der Waals surface area (Å²) in [5.41, 5.74) is 3.65. The lowest BCUT2D eigenvalue weighted by molar-refractivity contribution is 0.475. The number of phenols is 1. The molecule has 2 aromatic carbocycles. The summed E-state index contributed by atoms with van der Waals surface area (Å²) in [6.45, 7) is 1.92. The molecule has 2 rings (SSSR count). The number of nitriles is 1. The van der Waals surface area contributed by atoms with Crippen molar-refractivity contribution in [3.8, 4) is 11.8 Å². The van der Waals surface area contributed by atoms with Gasteiger partial charge in [0.1, 0.15) is 5.75 Å². The Hall–Kier alpha value is -2.47. The molecule has 3 nitrogen and oxygen atoms in total. The molecule has 0 saturated carbocycles. The molecule has 0 atom stereocenters. The van der Waals surface area contributed by atoms with Crippen molar-refractivity contribution in [3.63, 3.8) is 0 Å². The van der Waals surface area contributed by atoms with E-state index >= 15 is 0 Å². The van der Waals surface area contributed by atoms with Crippen molar-refractivity contribution in [2.45, 2.75) is 6.92 Å². The van der Waals surface area contributed by atoms with Gasteiger partial charge in [0.25, 0.3) is 0 Å². The van der Waals surface area contributed by atoms with Gasteiger partial charge >= 0.3 is 0 Å². The lowest BCUT2D eigenvalue weighted by Gasteiger charge is -2.20. The molecule has 0 radical (unpaired) electrons. The van der Waals surface area contributed by atoms with E-state index in [1.54, 1.807) is 12.1 Å². The maximum atomic E-state index is 9.27. The van der Waals surface area contributed by atoms with Crippen LogP contribution < -0.4 is 4.90 Å². The lowest BCUT2D eigenvalue weighted by Crippen LogP contribution is -2.09. The van der Waals surface area contributed by atoms with Crippen LogP contribution in [0.1, 0.15) is 11.1 Å². The third kappa shape index (κ3) is 2.28. The number of nitrogens with zero attached hydrogens (tertiary/aromatic N) is 2. The zero-order valence-electron chi connectivity index (χ0n) is 10.4. The van der Waals surface area contributed by atoms with Crippen LogP contribution in [0.15, 0.2) is 42.5 Å². The van der Waals surface area contributed by atoms with Gasteiger partial charge in [-0.2, -0.15) is 5.26 Å². The van der Waals surface area contributed by atoms with Crippen molar-refractivity contribution in [2.75, 3.05) is 11.9 Å². The van der Waals surface area contributed by atoms with Crippen molar-refractivity contribution in [1.29, 1.82) is 5.26 Å². The Morgan fingerprint density at radius 1 is 1.06 bits per heavy atom. The van der Waals surface area contributed by atoms with Gasteiger partial charge in [-0.3, -0.25) is 0 Å². The van der Waals surface area contributed by atoms with Gasteiger partial charge in [0.05, 0.1) is 11.6 Å². The fourth-order valence-electron chi connectivity index (χ4n) is 1.81. The second kappa shape index (κ2) is 4.80. The first-order chi connectivity index (χ1) is 8.61. The minimum atomic E-state index is 0.253. The van der Waals surface area contributed by atoms with Gasteiger partial charge in [-0.25, -0.2) is 0 Å². The van der Waals surface area contributed by atoms with Gasteiger partial charge in [0.2, 0.25) is 0 Å². The molecule has 0 bridgehead atoms. The van der Waals surface area contributed by atoms with E-state index in [4.69, 9.17) is 5.26 Å². The van der Waals surface area contributed by atoms with Crippen LogP contribution in [0.4, 0.5) is 11.4 Å². The van der Waals surface area contributed by atoms with Gasteiger partial charge < -0.3 is 10.0 Å². The Morgan fingerprint density at radius 3 is 2.22 bits per heavy atom. The summed E-state index contributed by atoms with van der Waals surface area (Å²) in [5, 5.41) is 18.2. The molecule has 0 aromatic heterocycles. The quantitative estimate of drug-likeness (QED) is 0.872. The molecular weight excluding hydrogens is 224 g/mol. The number of aromatic hydroxyl groups is 1. The van der Waals surface area contributed by atoms with Gasteiger partial charge in [0.15, 0.2) is 0 Å². The largest absolute Gasteiger partial charge is 0.508 e. The normalized spacial score (nSPS) is 9.83. The molecule has 0 unspecified atom stereocenters. The Morgan fingerprint density at radius 2 is 1.67 bits per heavy atom. The maximum Gasteiger partial charge on any atom is 0.115 e. The van der Waals surface area contributed by atoms with Crippen molar-refractivity contribution in [3.05, 3.63) is 53.6 Å². The van der Waals surface area contributed by atoms with E-state index in [2.05, 4.69) is 6.07 Å². The minimum absolute atomic E-state index is 0.253. The molecule has 18 heavy (non-hydrogen) atoms. The smallest absolute Gasteiger partial charge is 0.115 e. The van der Waals surface area contributed by atoms with Crippen LogP contribution in [0, 0.1) is 18.3 Å². The summed E-state index contributed by atoms with van der Waals surface area (Å²) < 4.78 is 0. The highest BCUT2D eigenvalue weighted by Crippen LogP contribution is 2.26. The molecule has 0 amide bonds. The molecule has 0 fully saturated rings. The average molecular weight is 238 g/mol. The molecule has 0 saturated heterocycles. The number of aryl methyl sites for hydroxylation is 1. The van der Waals surface area contributed by atoms with Crippen molar-refractivity contribution in [2.24, 2.45) is 0 Å². The fraction of sp³-hybridized carbons (Fsp3) is 0.133. The highest BCUT2D eigenvalue weighted by molar-refractivity contribution is 5.64. The summed E-state index contributed by atoms with van der Waals surface area (Å²) in [4.78, 5) is 2.01. The predicted molar refractivity (Wildman–Crippen MR) is 72.1 cm³/mol. The molecule has 0 aliphatic carbocycles. The minimum Gasteiger partial charge on any atom is -0.508 e. The van der Waals surface area contributed by atoms with Crippen molar-refractivity contribution < 1.29 is 5.11 Å². The number of hydrogen-bond donors (Lipinski definition) is 1. The third-order valence-electron chi connectivity index (χ3n) is 2.95. The second-order valence-electron chi connectivity index (χ2n) is 4.19. The Bertz CT molecular complexity index is 597. The molecule has 2 aromatic rings. The predicted octanol–water partition coefficient (Wildman–Crippen LogP) is 3.34. The molecular formula is C15H14N2O. The number of hydrogen-bond acceptors (Lipinski definition) is 3. The molecule has 3 heteroatoms. The van der Waals surface area contributed by atoms with E-state index in [0.29, 0.717) is 5.56 Å². The number of rotatable bonds is 2. The molecule has 0 heterocycles. The van der Waals surface area contributed by atoms with Crippen LogP contribution in [-0.4, -0.2) is 12.2 Å². The summed E-state index contributed by atoms with van der Waals surface area (Å²) >= 11 is 0. The van der Waals surface area contributed by atoms with E-state index in [1.165, 1.54) is 0 Å². The first-order valence-corrected chi connectivity index (χ1v) is 5.65. The maximum absolute atomic E-state index is 9.27. The van der Waals surface area contributed by atoms with Crippen LogP contribution in [0.2, 0.25) is 0 Å². The Balaban J connectivity index is 2.34. The summed E-state index contributed by atoms with van der Waals surface area (Å²) in [6.07, 6.45) is 0. The molecule has 0 spiro atoms. The topological polar surface area (TPSA) is 47.3 Å². The van der Waals surface area contributed by atoms with Crippen LogP contribution in [0.3, 0.4) is 0 Å². The van der Waals surface area contributed by atoms with Crippen LogP contribution in [0.5, 0.6) is 5.75 Å². The molecule has 0 aliphatic rings. The standard InChI is InChI=1S/C15H14N2O/c1-11-9-14(4-3-12(11)10-16)17(2)13-5-7-15(18)8-6-13/h3-9,18H,1-2H3. The Labute approximate surface area is 107 Å². The third-order valence-corrected chi connectivity index (χ3v) is 2.95. The van der Waals surface area contributed by atoms with E-state index in [0.717, 1.165) is 16.9 Å². The first-order valence-electron chi connectivity index (χ1n) is 5.65. The van der Waals surface area contributed by atoms with E-state index in [1.807, 2.05) is 49.2 Å². The lowest BCUT2D eigenvalue weighted by atomic mass is 10.1. The number of anilines is 2. The van der Waals surface area contributed by atoms with E-state index in [9.17, 15) is 5.11 Å². The zero-order chi connectivity index (χ0) is 13.1. The number of benzene rings is 2. The Kier molecular flexibility index (Phi) is 3.20. The number of phenolic OH excluding ortho intramolecular Hbond substituents is 1. The van der Waals surface area contributed by atoms with Gasteiger partial charge in [-0.1, -0.05) is 0 Å². The SMILES string of the molecule is Cc1cc(N(C)c2ccc(O)cc2)ccc1C#N. The monoisotopic (exact) mass is 238 g/mol. The molecule has 90 valence electrons. The zero-order valence-corrected chi connectivity index (χ0v) is 10.4. The van der Waals surface area contributed by atoms with Crippen LogP contribution >= 0.6 is 0 Å². The molecule has 0 aliphatic heterocycles. The average Bonchev–Trinajstić information content (AvgIpc) is 2.38. The molecule has 1 N–H and O–H groups in total. The summed E-state index contributed by atoms with van der Waals surface area (Å²) in [7, 11) is 1.95. The van der Waals surface area contributed by atoms with E-state index < -0.39 is 0 Å². The van der Waals surface area contributed by atoms with Crippen LogP contribution in [-0.2, 0) is 0 Å². The highest BCUT2D eigenvalue weighted by atomic mass is 16.3. The summed E-state index contributed by atoms with van der Waals surface area (Å²) in [5.74, 6) is 0.253. The van der Waals surface area contributed by atoms with E-state index in [-0.39, 0.29) is 5.75 Å². The van der Waals surface area contributed by atoms with Crippen LogP contribution in [0.25, 0.3) is 0 Å². The summed E-state index contributed by atoms with van der Waals surface area (Å²) in [6, 6.07) is 14.9. The van der Waals surface area contributed by atoms with Crippen molar-refractivity contribution >= 4 is 11.4 Å². The van der Waals surface area contributed by atoms with Gasteiger partial charge in [-0.15, -0.1) is 0 Å². The fourth-order valence-corrected chi connectivity index (χ4v) is 1.81. The highest BCUT2D eigenvalue weighted by Gasteiger charge is 2.06. The van der Waals surface area contributed by atoms with Gasteiger partial charge in [0, 0.05) is 18.4 Å². The first kappa shape index (κ1) is 12.0. The van der Waals surface area contributed by atoms with Gasteiger partial charge in [-0.05, 0) is 55.0 Å².